The van der Waals surface area contributed by atoms with Crippen molar-refractivity contribution < 1.29 is 9.72 Å². The lowest BCUT2D eigenvalue weighted by Crippen LogP contribution is -2.39. The van der Waals surface area contributed by atoms with Crippen LogP contribution < -0.4 is 0 Å². The van der Waals surface area contributed by atoms with Gasteiger partial charge in [-0.1, -0.05) is 0 Å². The Balaban J connectivity index is 1.65. The standard InChI is InChI=1S/C16H21N5O3/c1-18-8-4-6-14(18)15-5-2-3-9-20(15)16(22)7-10-19-12-13(11-17-19)21(23)24/h4,6,8,11-12,15H,2-3,5,7,9-10H2,1H3/t15-/m1/s1. The van der Waals surface area contributed by atoms with Crippen LogP contribution in [-0.4, -0.2) is 36.6 Å². The highest BCUT2D eigenvalue weighted by Gasteiger charge is 2.29. The Hall–Kier alpha value is -2.64. The first-order valence-corrected chi connectivity index (χ1v) is 8.14. The molecule has 0 unspecified atom stereocenters. The van der Waals surface area contributed by atoms with Gasteiger partial charge in [0.1, 0.15) is 12.4 Å². The van der Waals surface area contributed by atoms with Gasteiger partial charge in [0.05, 0.1) is 11.0 Å². The van der Waals surface area contributed by atoms with Crippen LogP contribution >= 0.6 is 0 Å². The molecule has 128 valence electrons. The second-order valence-electron chi connectivity index (χ2n) is 6.11. The van der Waals surface area contributed by atoms with Gasteiger partial charge in [0.2, 0.25) is 5.91 Å². The maximum absolute atomic E-state index is 12.7. The molecule has 0 saturated carbocycles. The maximum Gasteiger partial charge on any atom is 0.306 e. The first-order chi connectivity index (χ1) is 11.6. The lowest BCUT2D eigenvalue weighted by atomic mass is 9.98. The Kier molecular flexibility index (Phi) is 4.64. The van der Waals surface area contributed by atoms with Crippen molar-refractivity contribution in [2.75, 3.05) is 6.54 Å². The number of rotatable bonds is 5. The molecule has 3 heterocycles. The quantitative estimate of drug-likeness (QED) is 0.621. The van der Waals surface area contributed by atoms with Gasteiger partial charge >= 0.3 is 5.69 Å². The highest BCUT2D eigenvalue weighted by molar-refractivity contribution is 5.76. The second kappa shape index (κ2) is 6.86. The topological polar surface area (TPSA) is 86.2 Å². The molecule has 2 aromatic rings. The molecule has 8 heteroatoms. The average molecular weight is 331 g/mol. The highest BCUT2D eigenvalue weighted by Crippen LogP contribution is 2.31. The van der Waals surface area contributed by atoms with Crippen molar-refractivity contribution in [3.63, 3.8) is 0 Å². The van der Waals surface area contributed by atoms with Gasteiger partial charge < -0.3 is 9.47 Å². The van der Waals surface area contributed by atoms with E-state index >= 15 is 0 Å². The fraction of sp³-hybridized carbons (Fsp3) is 0.500. The Morgan fingerprint density at radius 2 is 2.29 bits per heavy atom. The van der Waals surface area contributed by atoms with Crippen molar-refractivity contribution in [3.05, 3.63) is 46.5 Å². The Morgan fingerprint density at radius 1 is 1.46 bits per heavy atom. The summed E-state index contributed by atoms with van der Waals surface area (Å²) in [6.45, 7) is 1.11. The molecule has 3 rings (SSSR count). The summed E-state index contributed by atoms with van der Waals surface area (Å²) in [5.41, 5.74) is 1.10. The number of aromatic nitrogens is 3. The van der Waals surface area contributed by atoms with Crippen molar-refractivity contribution in [3.8, 4) is 0 Å². The number of hydrogen-bond donors (Lipinski definition) is 0. The number of aryl methyl sites for hydroxylation is 2. The van der Waals surface area contributed by atoms with Crippen molar-refractivity contribution in [1.82, 2.24) is 19.2 Å². The maximum atomic E-state index is 12.7. The highest BCUT2D eigenvalue weighted by atomic mass is 16.6. The summed E-state index contributed by atoms with van der Waals surface area (Å²) in [4.78, 5) is 24.8. The molecule has 1 atom stereocenters. The number of hydrogen-bond acceptors (Lipinski definition) is 4. The molecule has 0 N–H and O–H groups in total. The molecule has 8 nitrogen and oxygen atoms in total. The van der Waals surface area contributed by atoms with Crippen LogP contribution in [0.2, 0.25) is 0 Å². The summed E-state index contributed by atoms with van der Waals surface area (Å²) in [6.07, 6.45) is 7.95. The van der Waals surface area contributed by atoms with Crippen molar-refractivity contribution >= 4 is 11.6 Å². The number of carbonyl (C=O) groups is 1. The van der Waals surface area contributed by atoms with Crippen LogP contribution in [0.4, 0.5) is 5.69 Å². The molecule has 24 heavy (non-hydrogen) atoms. The van der Waals surface area contributed by atoms with Crippen LogP contribution in [0.1, 0.15) is 37.4 Å². The number of nitro groups is 1. The Bertz CT molecular complexity index is 736. The molecule has 1 fully saturated rings. The van der Waals surface area contributed by atoms with Crippen LogP contribution in [0.3, 0.4) is 0 Å². The minimum absolute atomic E-state index is 0.0536. The van der Waals surface area contributed by atoms with Crippen LogP contribution in [-0.2, 0) is 18.4 Å². The van der Waals surface area contributed by atoms with E-state index in [1.807, 2.05) is 24.2 Å². The molecule has 0 radical (unpaired) electrons. The van der Waals surface area contributed by atoms with E-state index < -0.39 is 4.92 Å². The van der Waals surface area contributed by atoms with E-state index in [1.54, 1.807) is 0 Å². The lowest BCUT2D eigenvalue weighted by Gasteiger charge is -2.36. The molecule has 0 spiro atoms. The van der Waals surface area contributed by atoms with Gasteiger partial charge in [-0.2, -0.15) is 5.10 Å². The van der Waals surface area contributed by atoms with Crippen molar-refractivity contribution in [1.29, 1.82) is 0 Å². The van der Waals surface area contributed by atoms with Gasteiger partial charge in [-0.05, 0) is 31.4 Å². The largest absolute Gasteiger partial charge is 0.353 e. The minimum Gasteiger partial charge on any atom is -0.353 e. The molecule has 0 bridgehead atoms. The zero-order chi connectivity index (χ0) is 17.1. The van der Waals surface area contributed by atoms with E-state index in [1.165, 1.54) is 17.1 Å². The molecule has 1 aliphatic heterocycles. The average Bonchev–Trinajstić information content (AvgIpc) is 3.21. The van der Waals surface area contributed by atoms with Gasteiger partial charge in [0.25, 0.3) is 0 Å². The molecule has 0 aromatic carbocycles. The van der Waals surface area contributed by atoms with Gasteiger partial charge in [0, 0.05) is 38.4 Å². The van der Waals surface area contributed by atoms with E-state index in [2.05, 4.69) is 15.7 Å². The monoisotopic (exact) mass is 331 g/mol. The van der Waals surface area contributed by atoms with Crippen LogP contribution in [0.25, 0.3) is 0 Å². The zero-order valence-corrected chi connectivity index (χ0v) is 13.7. The predicted molar refractivity (Wildman–Crippen MR) is 87.2 cm³/mol. The summed E-state index contributed by atoms with van der Waals surface area (Å²) < 4.78 is 3.52. The summed E-state index contributed by atoms with van der Waals surface area (Å²) in [6, 6.07) is 4.17. The van der Waals surface area contributed by atoms with Gasteiger partial charge in [-0.15, -0.1) is 0 Å². The number of nitrogens with zero attached hydrogens (tertiary/aromatic N) is 5. The zero-order valence-electron chi connectivity index (χ0n) is 13.7. The van der Waals surface area contributed by atoms with Crippen molar-refractivity contribution in [2.24, 2.45) is 7.05 Å². The smallest absolute Gasteiger partial charge is 0.306 e. The molecule has 1 saturated heterocycles. The first-order valence-electron chi connectivity index (χ1n) is 8.14. The van der Waals surface area contributed by atoms with Crippen LogP contribution in [0.15, 0.2) is 30.7 Å². The van der Waals surface area contributed by atoms with Gasteiger partial charge in [-0.3, -0.25) is 19.6 Å². The van der Waals surface area contributed by atoms with E-state index in [-0.39, 0.29) is 17.6 Å². The van der Waals surface area contributed by atoms with Gasteiger partial charge in [0.15, 0.2) is 0 Å². The molecule has 1 amide bonds. The van der Waals surface area contributed by atoms with Crippen LogP contribution in [0, 0.1) is 10.1 Å². The third-order valence-corrected chi connectivity index (χ3v) is 4.53. The van der Waals surface area contributed by atoms with Gasteiger partial charge in [-0.25, -0.2) is 0 Å². The van der Waals surface area contributed by atoms with E-state index in [9.17, 15) is 14.9 Å². The molecule has 1 aliphatic rings. The van der Waals surface area contributed by atoms with Crippen molar-refractivity contribution in [2.45, 2.75) is 38.3 Å². The summed E-state index contributed by atoms with van der Waals surface area (Å²) in [5, 5.41) is 14.6. The number of likely N-dealkylation sites (tertiary alicyclic amines) is 1. The molecule has 2 aromatic heterocycles. The summed E-state index contributed by atoms with van der Waals surface area (Å²) in [7, 11) is 2.00. The Labute approximate surface area is 139 Å². The normalized spacial score (nSPS) is 17.9. The number of carbonyl (C=O) groups excluding carboxylic acids is 1. The Morgan fingerprint density at radius 3 is 2.96 bits per heavy atom. The van der Waals surface area contributed by atoms with E-state index in [4.69, 9.17) is 0 Å². The molecular weight excluding hydrogens is 310 g/mol. The third kappa shape index (κ3) is 3.32. The lowest BCUT2D eigenvalue weighted by molar-refractivity contribution is -0.385. The van der Waals surface area contributed by atoms with Crippen LogP contribution in [0.5, 0.6) is 0 Å². The summed E-state index contributed by atoms with van der Waals surface area (Å²) in [5.74, 6) is 0.0686. The van der Waals surface area contributed by atoms with E-state index in [0.29, 0.717) is 13.0 Å². The second-order valence-corrected chi connectivity index (χ2v) is 6.11. The minimum atomic E-state index is -0.485. The SMILES string of the molecule is Cn1cccc1[C@H]1CCCCN1C(=O)CCn1cc([N+](=O)[O-])cn1. The number of amides is 1. The predicted octanol–water partition coefficient (Wildman–Crippen LogP) is 2.27. The first kappa shape index (κ1) is 16.2. The molecule has 0 aliphatic carbocycles. The fourth-order valence-corrected chi connectivity index (χ4v) is 3.28. The summed E-state index contributed by atoms with van der Waals surface area (Å²) >= 11 is 0. The van der Waals surface area contributed by atoms with E-state index in [0.717, 1.165) is 31.5 Å². The molecular formula is C16H21N5O3. The third-order valence-electron chi connectivity index (χ3n) is 4.53. The number of piperidine rings is 1. The fourth-order valence-electron chi connectivity index (χ4n) is 3.28.